The summed E-state index contributed by atoms with van der Waals surface area (Å²) in [6.45, 7) is 6.66. The molecule has 1 heteroatoms. The SMILES string of the molecule is CC=C(C)OCC. The Bertz CT molecular complexity index is 64.6. The molecule has 42 valence electrons. The molecule has 1 nitrogen and oxygen atoms in total. The van der Waals surface area contributed by atoms with Gasteiger partial charge in [0, 0.05) is 0 Å². The first-order valence-corrected chi connectivity index (χ1v) is 2.57. The molecule has 0 spiro atoms. The summed E-state index contributed by atoms with van der Waals surface area (Å²) in [7, 11) is 0. The second kappa shape index (κ2) is 3.72. The number of hydrogen-bond donors (Lipinski definition) is 0. The lowest BCUT2D eigenvalue weighted by Gasteiger charge is -1.98. The predicted octanol–water partition coefficient (Wildman–Crippen LogP) is 1.95. The number of hydrogen-bond acceptors (Lipinski definition) is 1. The molecule has 0 aliphatic rings. The van der Waals surface area contributed by atoms with Crippen LogP contribution in [0.1, 0.15) is 20.8 Å². The van der Waals surface area contributed by atoms with Crippen LogP contribution in [0.5, 0.6) is 0 Å². The fraction of sp³-hybridized carbons (Fsp3) is 0.667. The highest BCUT2D eigenvalue weighted by molar-refractivity contribution is 4.83. The molecule has 7 heavy (non-hydrogen) atoms. The molecule has 0 aromatic heterocycles. The summed E-state index contributed by atoms with van der Waals surface area (Å²) in [5, 5.41) is 0. The molecule has 0 N–H and O–H groups in total. The maximum atomic E-state index is 5.05. The Morgan fingerprint density at radius 2 is 2.29 bits per heavy atom. The minimum atomic E-state index is 0.774. The van der Waals surface area contributed by atoms with E-state index in [2.05, 4.69) is 0 Å². The van der Waals surface area contributed by atoms with Crippen LogP contribution in [0, 0.1) is 0 Å². The van der Waals surface area contributed by atoms with Crippen LogP contribution in [-0.4, -0.2) is 6.61 Å². The molecule has 0 unspecified atom stereocenters. The average molecular weight is 100 g/mol. The van der Waals surface area contributed by atoms with Crippen LogP contribution in [0.3, 0.4) is 0 Å². The maximum Gasteiger partial charge on any atom is 0.0886 e. The van der Waals surface area contributed by atoms with Gasteiger partial charge in [-0.2, -0.15) is 0 Å². The molecule has 0 aliphatic carbocycles. The van der Waals surface area contributed by atoms with Gasteiger partial charge >= 0.3 is 0 Å². The van der Waals surface area contributed by atoms with Crippen molar-refractivity contribution in [1.82, 2.24) is 0 Å². The van der Waals surface area contributed by atoms with E-state index >= 15 is 0 Å². The van der Waals surface area contributed by atoms with Gasteiger partial charge < -0.3 is 4.74 Å². The van der Waals surface area contributed by atoms with Gasteiger partial charge in [-0.3, -0.25) is 0 Å². The highest BCUT2D eigenvalue weighted by Crippen LogP contribution is 1.91. The van der Waals surface area contributed by atoms with E-state index in [4.69, 9.17) is 4.74 Å². The normalized spacial score (nSPS) is 11.6. The quantitative estimate of drug-likeness (QED) is 0.482. The molecule has 0 amide bonds. The highest BCUT2D eigenvalue weighted by Gasteiger charge is 1.77. The summed E-state index contributed by atoms with van der Waals surface area (Å²) in [5.41, 5.74) is 0. The fourth-order valence-corrected chi connectivity index (χ4v) is 0.311. The number of allylic oxidation sites excluding steroid dienone is 2. The lowest BCUT2D eigenvalue weighted by atomic mass is 10.5. The first-order valence-electron chi connectivity index (χ1n) is 2.57. The minimum Gasteiger partial charge on any atom is -0.499 e. The maximum absolute atomic E-state index is 5.05. The van der Waals surface area contributed by atoms with E-state index in [1.54, 1.807) is 0 Å². The van der Waals surface area contributed by atoms with Crippen LogP contribution in [-0.2, 0) is 4.74 Å². The van der Waals surface area contributed by atoms with Crippen LogP contribution in [0.25, 0.3) is 0 Å². The van der Waals surface area contributed by atoms with Gasteiger partial charge in [0.15, 0.2) is 0 Å². The van der Waals surface area contributed by atoms with Crippen molar-refractivity contribution in [2.45, 2.75) is 20.8 Å². The molecule has 0 atom stereocenters. The van der Waals surface area contributed by atoms with Gasteiger partial charge in [-0.15, -0.1) is 0 Å². The van der Waals surface area contributed by atoms with E-state index in [0.29, 0.717) is 0 Å². The van der Waals surface area contributed by atoms with E-state index in [1.807, 2.05) is 26.8 Å². The monoisotopic (exact) mass is 100 g/mol. The fourth-order valence-electron chi connectivity index (χ4n) is 0.311. The summed E-state index contributed by atoms with van der Waals surface area (Å²) >= 11 is 0. The first kappa shape index (κ1) is 6.54. The molecule has 0 radical (unpaired) electrons. The molecule has 0 bridgehead atoms. The highest BCUT2D eigenvalue weighted by atomic mass is 16.5. The number of ether oxygens (including phenoxy) is 1. The third-order valence-electron chi connectivity index (χ3n) is 0.779. The summed E-state index contributed by atoms with van der Waals surface area (Å²) in [4.78, 5) is 0. The Morgan fingerprint density at radius 3 is 2.43 bits per heavy atom. The van der Waals surface area contributed by atoms with E-state index in [9.17, 15) is 0 Å². The second-order valence-electron chi connectivity index (χ2n) is 1.33. The molecule has 0 aliphatic heterocycles. The molecular formula is C6H12O. The summed E-state index contributed by atoms with van der Waals surface area (Å²) < 4.78 is 5.05. The third kappa shape index (κ3) is 3.37. The minimum absolute atomic E-state index is 0.774. The van der Waals surface area contributed by atoms with Crippen molar-refractivity contribution < 1.29 is 4.74 Å². The van der Waals surface area contributed by atoms with Gasteiger partial charge in [0.2, 0.25) is 0 Å². The van der Waals surface area contributed by atoms with Gasteiger partial charge in [0.25, 0.3) is 0 Å². The second-order valence-corrected chi connectivity index (χ2v) is 1.33. The summed E-state index contributed by atoms with van der Waals surface area (Å²) in [5.74, 6) is 1.00. The molecule has 0 heterocycles. The molecule has 0 aromatic rings. The van der Waals surface area contributed by atoms with Crippen LogP contribution >= 0.6 is 0 Å². The van der Waals surface area contributed by atoms with Crippen molar-refractivity contribution >= 4 is 0 Å². The van der Waals surface area contributed by atoms with Crippen molar-refractivity contribution in [3.8, 4) is 0 Å². The predicted molar refractivity (Wildman–Crippen MR) is 31.1 cm³/mol. The number of rotatable bonds is 2. The Hall–Kier alpha value is -0.460. The topological polar surface area (TPSA) is 9.23 Å². The van der Waals surface area contributed by atoms with Gasteiger partial charge in [-0.25, -0.2) is 0 Å². The molecule has 0 saturated heterocycles. The molecule has 0 fully saturated rings. The van der Waals surface area contributed by atoms with Crippen molar-refractivity contribution in [3.05, 3.63) is 11.8 Å². The molecular weight excluding hydrogens is 88.1 g/mol. The van der Waals surface area contributed by atoms with Crippen molar-refractivity contribution in [2.24, 2.45) is 0 Å². The van der Waals surface area contributed by atoms with Gasteiger partial charge in [0.05, 0.1) is 12.4 Å². The van der Waals surface area contributed by atoms with Crippen LogP contribution in [0.15, 0.2) is 11.8 Å². The zero-order valence-electron chi connectivity index (χ0n) is 5.19. The lowest BCUT2D eigenvalue weighted by molar-refractivity contribution is 0.231. The Kier molecular flexibility index (Phi) is 3.48. The molecule has 0 aromatic carbocycles. The standard InChI is InChI=1S/C6H12O/c1-4-6(3)7-5-2/h4H,5H2,1-3H3. The Morgan fingerprint density at radius 1 is 1.71 bits per heavy atom. The van der Waals surface area contributed by atoms with E-state index in [1.165, 1.54) is 0 Å². The summed E-state index contributed by atoms with van der Waals surface area (Å²) in [6.07, 6.45) is 1.95. The van der Waals surface area contributed by atoms with E-state index < -0.39 is 0 Å². The van der Waals surface area contributed by atoms with Gasteiger partial charge in [0.1, 0.15) is 0 Å². The molecule has 0 rings (SSSR count). The largest absolute Gasteiger partial charge is 0.499 e. The van der Waals surface area contributed by atoms with Gasteiger partial charge in [-0.05, 0) is 20.8 Å². The van der Waals surface area contributed by atoms with Crippen molar-refractivity contribution in [1.29, 1.82) is 0 Å². The average Bonchev–Trinajstić information content (AvgIpc) is 1.68. The Balaban J connectivity index is 3.17. The first-order chi connectivity index (χ1) is 3.31. The van der Waals surface area contributed by atoms with E-state index in [-0.39, 0.29) is 0 Å². The summed E-state index contributed by atoms with van der Waals surface area (Å²) in [6, 6.07) is 0. The van der Waals surface area contributed by atoms with Crippen LogP contribution < -0.4 is 0 Å². The lowest BCUT2D eigenvalue weighted by Crippen LogP contribution is -1.83. The van der Waals surface area contributed by atoms with Crippen molar-refractivity contribution in [2.75, 3.05) is 6.61 Å². The van der Waals surface area contributed by atoms with Crippen LogP contribution in [0.4, 0.5) is 0 Å². The van der Waals surface area contributed by atoms with Crippen LogP contribution in [0.2, 0.25) is 0 Å². The Labute approximate surface area is 45.0 Å². The van der Waals surface area contributed by atoms with Crippen molar-refractivity contribution in [3.63, 3.8) is 0 Å². The zero-order chi connectivity index (χ0) is 5.70. The smallest absolute Gasteiger partial charge is 0.0886 e. The van der Waals surface area contributed by atoms with E-state index in [0.717, 1.165) is 12.4 Å². The zero-order valence-corrected chi connectivity index (χ0v) is 5.19. The molecule has 0 saturated carbocycles. The third-order valence-corrected chi connectivity index (χ3v) is 0.779. The van der Waals surface area contributed by atoms with Gasteiger partial charge in [-0.1, -0.05) is 6.08 Å².